The Morgan fingerprint density at radius 2 is 1.67 bits per heavy atom. The molecule has 3 heterocycles. The van der Waals surface area contributed by atoms with Gasteiger partial charge in [0.1, 0.15) is 18.8 Å². The molecule has 13 heteroatoms. The van der Waals surface area contributed by atoms with Gasteiger partial charge < -0.3 is 28.7 Å². The van der Waals surface area contributed by atoms with Crippen molar-refractivity contribution >= 4 is 33.6 Å². The van der Waals surface area contributed by atoms with E-state index in [0.717, 1.165) is 11.1 Å². The molecule has 0 bridgehead atoms. The summed E-state index contributed by atoms with van der Waals surface area (Å²) in [5.74, 6) is 0.667. The van der Waals surface area contributed by atoms with Crippen molar-refractivity contribution in [3.63, 3.8) is 0 Å². The maximum Gasteiger partial charge on any atom is 0.410 e. The zero-order chi connectivity index (χ0) is 30.9. The maximum absolute atomic E-state index is 13.8. The lowest BCUT2D eigenvalue weighted by Gasteiger charge is -2.28. The van der Waals surface area contributed by atoms with Crippen LogP contribution in [0.4, 0.5) is 4.79 Å². The van der Waals surface area contributed by atoms with E-state index in [9.17, 15) is 18.0 Å². The average molecular weight is 634 g/mol. The van der Waals surface area contributed by atoms with Gasteiger partial charge in [-0.05, 0) is 61.7 Å². The predicted molar refractivity (Wildman–Crippen MR) is 159 cm³/mol. The lowest BCUT2D eigenvalue weighted by molar-refractivity contribution is -0.143. The van der Waals surface area contributed by atoms with Crippen LogP contribution in [0.3, 0.4) is 0 Å². The highest BCUT2D eigenvalue weighted by atomic mass is 35.5. The van der Waals surface area contributed by atoms with Crippen molar-refractivity contribution in [1.82, 2.24) is 14.1 Å². The summed E-state index contributed by atoms with van der Waals surface area (Å²) in [6, 6.07) is 11.5. The van der Waals surface area contributed by atoms with Crippen LogP contribution < -0.4 is 9.47 Å². The monoisotopic (exact) mass is 633 g/mol. The van der Waals surface area contributed by atoms with Gasteiger partial charge >= 0.3 is 6.09 Å². The third kappa shape index (κ3) is 7.09. The molecule has 0 saturated heterocycles. The van der Waals surface area contributed by atoms with E-state index in [0.29, 0.717) is 48.4 Å². The second-order valence-electron chi connectivity index (χ2n) is 11.7. The molecule has 0 radical (unpaired) electrons. The minimum Gasteiger partial charge on any atom is -0.486 e. The quantitative estimate of drug-likeness (QED) is 0.403. The number of benzene rings is 2. The lowest BCUT2D eigenvalue weighted by Crippen LogP contribution is -2.40. The largest absolute Gasteiger partial charge is 0.486 e. The topological polar surface area (TPSA) is 115 Å². The Labute approximate surface area is 256 Å². The first-order chi connectivity index (χ1) is 20.3. The number of hydrogen-bond donors (Lipinski definition) is 0. The standard InChI is InChI=1S/C30H36ClN3O8S/c1-30(2,3)42-29(36)32(4)10-11-41-27(20-6-5-7-23(31)14-20)28(35)33-16-21-18-34(19-22(21)17-33)43(37,38)24-8-9-25-26(15-24)40-13-12-39-25/h5-9,14-15,27H,10-13,16-19H2,1-4H3. The van der Waals surface area contributed by atoms with Crippen molar-refractivity contribution in [2.75, 3.05) is 59.6 Å². The van der Waals surface area contributed by atoms with Crippen LogP contribution in [-0.2, 0) is 24.3 Å². The summed E-state index contributed by atoms with van der Waals surface area (Å²) in [5.41, 5.74) is 1.74. The number of likely N-dealkylation sites (N-methyl/N-ethyl adjacent to an activating group) is 1. The molecule has 0 fully saturated rings. The van der Waals surface area contributed by atoms with Crippen LogP contribution in [0.15, 0.2) is 58.5 Å². The third-order valence-corrected chi connectivity index (χ3v) is 9.28. The summed E-state index contributed by atoms with van der Waals surface area (Å²) in [6.07, 6.45) is -1.44. The van der Waals surface area contributed by atoms with Gasteiger partial charge in [-0.3, -0.25) is 4.79 Å². The number of ether oxygens (including phenoxy) is 4. The van der Waals surface area contributed by atoms with Gasteiger partial charge in [0, 0.05) is 50.9 Å². The highest BCUT2D eigenvalue weighted by molar-refractivity contribution is 7.89. The average Bonchev–Trinajstić information content (AvgIpc) is 3.54. The van der Waals surface area contributed by atoms with E-state index in [1.165, 1.54) is 21.3 Å². The fourth-order valence-electron chi connectivity index (χ4n) is 5.09. The second kappa shape index (κ2) is 12.4. The SMILES string of the molecule is CN(CCOC(C(=O)N1CC2=C(C1)CN(S(=O)(=O)c1ccc3c(c1)OCCO3)C2)c1cccc(Cl)c1)C(=O)OC(C)(C)C. The van der Waals surface area contributed by atoms with Crippen molar-refractivity contribution < 1.29 is 37.0 Å². The summed E-state index contributed by atoms with van der Waals surface area (Å²) >= 11 is 6.23. The fraction of sp³-hybridized carbons (Fsp3) is 0.467. The van der Waals surface area contributed by atoms with E-state index in [4.69, 9.17) is 30.5 Å². The summed E-state index contributed by atoms with van der Waals surface area (Å²) in [6.45, 7) is 7.41. The van der Waals surface area contributed by atoms with Crippen LogP contribution in [0, 0.1) is 0 Å². The van der Waals surface area contributed by atoms with Gasteiger partial charge in [0.2, 0.25) is 10.0 Å². The van der Waals surface area contributed by atoms with E-state index in [1.54, 1.807) is 63.1 Å². The van der Waals surface area contributed by atoms with Crippen molar-refractivity contribution in [3.05, 3.63) is 64.2 Å². The number of fused-ring (bicyclic) bond motifs is 1. The molecule has 43 heavy (non-hydrogen) atoms. The molecule has 232 valence electrons. The van der Waals surface area contributed by atoms with Gasteiger partial charge in [-0.1, -0.05) is 23.7 Å². The van der Waals surface area contributed by atoms with Crippen LogP contribution in [0.5, 0.6) is 11.5 Å². The minimum atomic E-state index is -3.78. The highest BCUT2D eigenvalue weighted by Gasteiger charge is 2.40. The smallest absolute Gasteiger partial charge is 0.410 e. The van der Waals surface area contributed by atoms with Crippen LogP contribution in [0.1, 0.15) is 32.4 Å². The van der Waals surface area contributed by atoms with Crippen LogP contribution in [0.25, 0.3) is 0 Å². The molecule has 2 aromatic carbocycles. The van der Waals surface area contributed by atoms with E-state index in [-0.39, 0.29) is 37.0 Å². The molecule has 5 rings (SSSR count). The second-order valence-corrected chi connectivity index (χ2v) is 14.1. The van der Waals surface area contributed by atoms with Gasteiger partial charge in [0.05, 0.1) is 11.5 Å². The Morgan fingerprint density at radius 1 is 1.00 bits per heavy atom. The Hall–Kier alpha value is -3.32. The highest BCUT2D eigenvalue weighted by Crippen LogP contribution is 2.36. The first kappa shape index (κ1) is 31.1. The number of hydrogen-bond acceptors (Lipinski definition) is 8. The van der Waals surface area contributed by atoms with Gasteiger partial charge in [-0.25, -0.2) is 13.2 Å². The van der Waals surface area contributed by atoms with Gasteiger partial charge in [-0.15, -0.1) is 0 Å². The van der Waals surface area contributed by atoms with E-state index in [1.807, 2.05) is 0 Å². The van der Waals surface area contributed by atoms with Crippen LogP contribution in [0.2, 0.25) is 5.02 Å². The summed E-state index contributed by atoms with van der Waals surface area (Å²) < 4.78 is 50.8. The van der Waals surface area contributed by atoms with Crippen LogP contribution in [-0.4, -0.2) is 99.7 Å². The van der Waals surface area contributed by atoms with E-state index in [2.05, 4.69) is 0 Å². The summed E-state index contributed by atoms with van der Waals surface area (Å²) in [7, 11) is -2.18. The number of carbonyl (C=O) groups is 2. The lowest BCUT2D eigenvalue weighted by atomic mass is 10.1. The predicted octanol–water partition coefficient (Wildman–Crippen LogP) is 3.88. The minimum absolute atomic E-state index is 0.0845. The molecule has 0 saturated carbocycles. The van der Waals surface area contributed by atoms with Crippen LogP contribution >= 0.6 is 11.6 Å². The summed E-state index contributed by atoms with van der Waals surface area (Å²) in [4.78, 5) is 29.3. The van der Waals surface area contributed by atoms with Crippen molar-refractivity contribution in [1.29, 1.82) is 0 Å². The number of amides is 2. The number of sulfonamides is 1. The van der Waals surface area contributed by atoms with Crippen molar-refractivity contribution in [3.8, 4) is 11.5 Å². The summed E-state index contributed by atoms with van der Waals surface area (Å²) in [5, 5.41) is 0.465. The Kier molecular flexibility index (Phi) is 8.94. The Morgan fingerprint density at radius 3 is 2.33 bits per heavy atom. The van der Waals surface area contributed by atoms with Gasteiger partial charge in [-0.2, -0.15) is 4.31 Å². The molecule has 0 aliphatic carbocycles. The maximum atomic E-state index is 13.8. The molecule has 1 atom stereocenters. The van der Waals surface area contributed by atoms with Crippen molar-refractivity contribution in [2.45, 2.75) is 37.4 Å². The van der Waals surface area contributed by atoms with Crippen molar-refractivity contribution in [2.24, 2.45) is 0 Å². The van der Waals surface area contributed by atoms with Gasteiger partial charge in [0.15, 0.2) is 17.6 Å². The molecule has 0 spiro atoms. The van der Waals surface area contributed by atoms with E-state index < -0.39 is 27.8 Å². The third-order valence-electron chi connectivity index (χ3n) is 7.25. The first-order valence-electron chi connectivity index (χ1n) is 14.0. The molecular weight excluding hydrogens is 598 g/mol. The fourth-order valence-corrected chi connectivity index (χ4v) is 6.73. The first-order valence-corrected chi connectivity index (χ1v) is 15.8. The number of rotatable bonds is 8. The molecule has 1 unspecified atom stereocenters. The zero-order valence-electron chi connectivity index (χ0n) is 24.7. The number of halogens is 1. The normalized spacial score (nSPS) is 17.6. The molecule has 0 aromatic heterocycles. The Bertz CT molecular complexity index is 1520. The number of nitrogens with zero attached hydrogens (tertiary/aromatic N) is 3. The molecule has 0 N–H and O–H groups in total. The van der Waals surface area contributed by atoms with E-state index >= 15 is 0 Å². The molecule has 3 aliphatic rings. The molecular formula is C30H36ClN3O8S. The zero-order valence-corrected chi connectivity index (χ0v) is 26.2. The molecule has 3 aliphatic heterocycles. The Balaban J connectivity index is 1.23. The molecule has 2 aromatic rings. The molecule has 2 amide bonds. The van der Waals surface area contributed by atoms with Gasteiger partial charge in [0.25, 0.3) is 5.91 Å². The molecule has 11 nitrogen and oxygen atoms in total. The number of carbonyl (C=O) groups excluding carboxylic acids is 2.